The topological polar surface area (TPSA) is 169 Å². The molecule has 0 saturated carbocycles. The molecule has 0 aliphatic carbocycles. The Hall–Kier alpha value is -2.70. The summed E-state index contributed by atoms with van der Waals surface area (Å²) in [6.07, 6.45) is -4.65. The van der Waals surface area contributed by atoms with Crippen molar-refractivity contribution in [2.45, 2.75) is 36.1 Å². The normalized spacial score (nSPS) is 19.0. The maximum absolute atomic E-state index is 13.4. The number of ether oxygens (including phenoxy) is 1. The molecule has 2 atom stereocenters. The van der Waals surface area contributed by atoms with Gasteiger partial charge >= 0.3 is 12.1 Å². The number of halogens is 4. The highest BCUT2D eigenvalue weighted by Gasteiger charge is 2.43. The van der Waals surface area contributed by atoms with E-state index in [1.54, 1.807) is 0 Å². The van der Waals surface area contributed by atoms with Crippen LogP contribution in [0.4, 0.5) is 17.6 Å². The van der Waals surface area contributed by atoms with Crippen molar-refractivity contribution in [3.63, 3.8) is 0 Å². The van der Waals surface area contributed by atoms with E-state index in [0.29, 0.717) is 11.8 Å². The predicted octanol–water partition coefficient (Wildman–Crippen LogP) is 0.606. The quantitative estimate of drug-likeness (QED) is 0.268. The van der Waals surface area contributed by atoms with Gasteiger partial charge in [-0.2, -0.15) is 30.6 Å². The number of aromatic nitrogens is 1. The molecule has 1 fully saturated rings. The van der Waals surface area contributed by atoms with Crippen molar-refractivity contribution in [3.05, 3.63) is 53.5 Å². The van der Waals surface area contributed by atoms with Crippen LogP contribution in [0.15, 0.2) is 41.6 Å². The molecule has 0 bridgehead atoms. The fourth-order valence-electron chi connectivity index (χ4n) is 3.95. The molecular formula is C21H24F4N4O7S2. The summed E-state index contributed by atoms with van der Waals surface area (Å²) in [5, 5.41) is 8.40. The van der Waals surface area contributed by atoms with E-state index in [4.69, 9.17) is 10.8 Å². The summed E-state index contributed by atoms with van der Waals surface area (Å²) in [7, 11) is -8.59. The number of aliphatic hydroxyl groups excluding tert-OH is 1. The molecule has 2 aromatic rings. The SMILES string of the molecule is NCc1cc(S(=O)(=O)C[C@@H]2C[C@H](c3ccc(F)cc3)CN2S(=O)(=O)NCCO)ncc1OC(=O)C(F)(F)F. The van der Waals surface area contributed by atoms with Crippen molar-refractivity contribution >= 4 is 26.0 Å². The Kier molecular flexibility index (Phi) is 9.10. The van der Waals surface area contributed by atoms with Gasteiger partial charge in [0, 0.05) is 31.2 Å². The molecule has 4 N–H and O–H groups in total. The van der Waals surface area contributed by atoms with E-state index in [1.165, 1.54) is 24.3 Å². The second kappa shape index (κ2) is 11.6. The second-order valence-corrected chi connectivity index (χ2v) is 12.0. The predicted molar refractivity (Wildman–Crippen MR) is 124 cm³/mol. The number of hydrogen-bond acceptors (Lipinski definition) is 9. The molecule has 1 saturated heterocycles. The molecule has 3 rings (SSSR count). The van der Waals surface area contributed by atoms with Crippen molar-refractivity contribution < 1.29 is 49.0 Å². The highest BCUT2D eigenvalue weighted by molar-refractivity contribution is 7.91. The number of rotatable bonds is 10. The second-order valence-electron chi connectivity index (χ2n) is 8.33. The minimum absolute atomic E-state index is 0.0376. The van der Waals surface area contributed by atoms with Crippen molar-refractivity contribution in [1.82, 2.24) is 14.0 Å². The molecule has 0 radical (unpaired) electrons. The molecular weight excluding hydrogens is 560 g/mol. The summed E-state index contributed by atoms with van der Waals surface area (Å²) in [6.45, 7) is -1.46. The van der Waals surface area contributed by atoms with Crippen LogP contribution in [0.5, 0.6) is 5.75 Å². The minimum atomic E-state index is -5.31. The Labute approximate surface area is 215 Å². The summed E-state index contributed by atoms with van der Waals surface area (Å²) in [6, 6.07) is 5.03. The highest BCUT2D eigenvalue weighted by Crippen LogP contribution is 2.35. The molecule has 1 aliphatic rings. The molecule has 1 aromatic carbocycles. The highest BCUT2D eigenvalue weighted by atomic mass is 32.2. The molecule has 0 spiro atoms. The Balaban J connectivity index is 1.90. The smallest absolute Gasteiger partial charge is 0.418 e. The minimum Gasteiger partial charge on any atom is -0.418 e. The number of carbonyl (C=O) groups is 1. The fourth-order valence-corrected chi connectivity index (χ4v) is 7.01. The summed E-state index contributed by atoms with van der Waals surface area (Å²) in [4.78, 5) is 14.8. The van der Waals surface area contributed by atoms with E-state index in [1.807, 2.05) is 0 Å². The lowest BCUT2D eigenvalue weighted by Crippen LogP contribution is -2.46. The zero-order chi connectivity index (χ0) is 28.3. The third-order valence-corrected chi connectivity index (χ3v) is 9.04. The van der Waals surface area contributed by atoms with Gasteiger partial charge in [-0.1, -0.05) is 12.1 Å². The van der Waals surface area contributed by atoms with Gasteiger partial charge in [-0.05, 0) is 36.1 Å². The summed E-state index contributed by atoms with van der Waals surface area (Å²) >= 11 is 0. The summed E-state index contributed by atoms with van der Waals surface area (Å²) in [5.41, 5.74) is 5.82. The Morgan fingerprint density at radius 3 is 2.45 bits per heavy atom. The molecule has 11 nitrogen and oxygen atoms in total. The van der Waals surface area contributed by atoms with Crippen molar-refractivity contribution in [2.75, 3.05) is 25.4 Å². The molecule has 0 amide bonds. The van der Waals surface area contributed by atoms with Crippen LogP contribution in [0.2, 0.25) is 0 Å². The van der Waals surface area contributed by atoms with Gasteiger partial charge in [-0.3, -0.25) is 0 Å². The van der Waals surface area contributed by atoms with E-state index >= 15 is 0 Å². The van der Waals surface area contributed by atoms with Gasteiger partial charge in [0.15, 0.2) is 20.6 Å². The lowest BCUT2D eigenvalue weighted by atomic mass is 9.97. The first-order valence-electron chi connectivity index (χ1n) is 11.0. The van der Waals surface area contributed by atoms with E-state index in [0.717, 1.165) is 10.4 Å². The Morgan fingerprint density at radius 2 is 1.87 bits per heavy atom. The molecule has 1 aromatic heterocycles. The number of pyridine rings is 1. The number of nitrogens with two attached hydrogens (primary N) is 1. The van der Waals surface area contributed by atoms with Crippen LogP contribution in [0.1, 0.15) is 23.5 Å². The van der Waals surface area contributed by atoms with Gasteiger partial charge in [0.1, 0.15) is 5.82 Å². The third kappa shape index (κ3) is 7.03. The van der Waals surface area contributed by atoms with Crippen LogP contribution in [-0.4, -0.2) is 74.9 Å². The maximum Gasteiger partial charge on any atom is 0.491 e. The number of benzene rings is 1. The van der Waals surface area contributed by atoms with E-state index in [9.17, 15) is 39.2 Å². The maximum atomic E-state index is 13.4. The number of alkyl halides is 3. The van der Waals surface area contributed by atoms with Gasteiger partial charge in [0.25, 0.3) is 10.2 Å². The van der Waals surface area contributed by atoms with Gasteiger partial charge in [0.2, 0.25) is 0 Å². The number of aliphatic hydroxyl groups is 1. The van der Waals surface area contributed by atoms with Crippen LogP contribution in [0.3, 0.4) is 0 Å². The number of hydrogen-bond donors (Lipinski definition) is 3. The molecule has 17 heteroatoms. The fraction of sp³-hybridized carbons (Fsp3) is 0.429. The molecule has 1 aliphatic heterocycles. The standard InChI is InChI=1S/C21H24F4N4O7S2/c22-16-3-1-13(2-4-16)15-7-17(29(11-15)38(34,35)28-5-6-30)12-37(32,33)19-8-14(9-26)18(10-27-19)36-20(31)21(23,24)25/h1-4,8,10,15,17,28,30H,5-7,9,11-12,26H2/t15-,17-/m0/s1. The average molecular weight is 585 g/mol. The van der Waals surface area contributed by atoms with Crippen LogP contribution in [0.25, 0.3) is 0 Å². The first-order chi connectivity index (χ1) is 17.7. The lowest BCUT2D eigenvalue weighted by molar-refractivity contribution is -0.189. The van der Waals surface area contributed by atoms with Gasteiger partial charge in [-0.15, -0.1) is 0 Å². The molecule has 38 heavy (non-hydrogen) atoms. The third-order valence-electron chi connectivity index (χ3n) is 5.72. The largest absolute Gasteiger partial charge is 0.491 e. The van der Waals surface area contributed by atoms with E-state index < -0.39 is 79.6 Å². The monoisotopic (exact) mass is 584 g/mol. The van der Waals surface area contributed by atoms with Crippen LogP contribution < -0.4 is 15.2 Å². The van der Waals surface area contributed by atoms with Gasteiger partial charge in [-0.25, -0.2) is 22.6 Å². The number of esters is 1. The molecule has 210 valence electrons. The van der Waals surface area contributed by atoms with E-state index in [-0.39, 0.29) is 25.1 Å². The lowest BCUT2D eigenvalue weighted by Gasteiger charge is -2.24. The number of carbonyl (C=O) groups excluding carboxylic acids is 1. The Morgan fingerprint density at radius 1 is 1.21 bits per heavy atom. The van der Waals surface area contributed by atoms with Crippen LogP contribution in [-0.2, 0) is 31.4 Å². The average Bonchev–Trinajstić information content (AvgIpc) is 3.26. The molecule has 2 heterocycles. The van der Waals surface area contributed by atoms with Gasteiger partial charge in [0.05, 0.1) is 18.6 Å². The summed E-state index contributed by atoms with van der Waals surface area (Å²) < 4.78 is 110. The number of nitrogens with one attached hydrogen (secondary N) is 1. The van der Waals surface area contributed by atoms with E-state index in [2.05, 4.69) is 14.4 Å². The first kappa shape index (κ1) is 29.9. The van der Waals surface area contributed by atoms with Crippen molar-refractivity contribution in [3.8, 4) is 5.75 Å². The van der Waals surface area contributed by atoms with Crippen LogP contribution in [0, 0.1) is 5.82 Å². The van der Waals surface area contributed by atoms with Gasteiger partial charge < -0.3 is 15.6 Å². The number of nitrogens with zero attached hydrogens (tertiary/aromatic N) is 2. The van der Waals surface area contributed by atoms with Crippen molar-refractivity contribution in [1.29, 1.82) is 0 Å². The zero-order valence-electron chi connectivity index (χ0n) is 19.6. The Bertz CT molecular complexity index is 1370. The van der Waals surface area contributed by atoms with Crippen LogP contribution >= 0.6 is 0 Å². The summed E-state index contributed by atoms with van der Waals surface area (Å²) in [5.74, 6) is -4.98. The first-order valence-corrected chi connectivity index (χ1v) is 14.1. The molecule has 0 unspecified atom stereocenters. The zero-order valence-corrected chi connectivity index (χ0v) is 21.2. The van der Waals surface area contributed by atoms with Crippen molar-refractivity contribution in [2.24, 2.45) is 5.73 Å². The number of sulfone groups is 1.